The van der Waals surface area contributed by atoms with Crippen molar-refractivity contribution in [1.29, 1.82) is 0 Å². The third-order valence-electron chi connectivity index (χ3n) is 3.71. The van der Waals surface area contributed by atoms with Crippen molar-refractivity contribution in [3.05, 3.63) is 11.9 Å². The normalized spacial score (nSPS) is 34.6. The third-order valence-corrected chi connectivity index (χ3v) is 3.71. The highest BCUT2D eigenvalue weighted by molar-refractivity contribution is 4.95. The summed E-state index contributed by atoms with van der Waals surface area (Å²) in [5, 5.41) is 42.7. The van der Waals surface area contributed by atoms with Gasteiger partial charge in [0.15, 0.2) is 0 Å². The van der Waals surface area contributed by atoms with E-state index in [9.17, 15) is 15.3 Å². The van der Waals surface area contributed by atoms with E-state index in [0.717, 1.165) is 0 Å². The minimum atomic E-state index is -1.06. The van der Waals surface area contributed by atoms with Crippen LogP contribution in [-0.4, -0.2) is 61.9 Å². The first-order valence-electron chi connectivity index (χ1n) is 6.75. The van der Waals surface area contributed by atoms with Gasteiger partial charge in [0.1, 0.15) is 12.3 Å². The smallest absolute Gasteiger partial charge is 0.137 e. The van der Waals surface area contributed by atoms with Crippen LogP contribution in [0.5, 0.6) is 0 Å². The SMILES string of the molecule is CC(C)[C@@H]1C(CO)O[C@@H](NCc2c[nH]nn2)[C@@H](O)C1O. The van der Waals surface area contributed by atoms with Crippen molar-refractivity contribution in [2.75, 3.05) is 6.61 Å². The number of nitrogens with zero attached hydrogens (tertiary/aromatic N) is 2. The van der Waals surface area contributed by atoms with E-state index >= 15 is 0 Å². The van der Waals surface area contributed by atoms with Gasteiger partial charge in [0.2, 0.25) is 0 Å². The first-order valence-corrected chi connectivity index (χ1v) is 6.75. The van der Waals surface area contributed by atoms with Crippen molar-refractivity contribution in [1.82, 2.24) is 20.7 Å². The summed E-state index contributed by atoms with van der Waals surface area (Å²) in [6, 6.07) is 0. The van der Waals surface area contributed by atoms with Crippen molar-refractivity contribution in [2.45, 2.75) is 44.9 Å². The lowest BCUT2D eigenvalue weighted by Gasteiger charge is -2.44. The lowest BCUT2D eigenvalue weighted by atomic mass is 9.80. The maximum Gasteiger partial charge on any atom is 0.137 e. The Kier molecular flexibility index (Phi) is 5.06. The number of nitrogens with one attached hydrogen (secondary N) is 2. The molecule has 1 aliphatic rings. The number of aromatic amines is 1. The average molecular weight is 286 g/mol. The van der Waals surface area contributed by atoms with Crippen molar-refractivity contribution >= 4 is 0 Å². The Morgan fingerprint density at radius 3 is 2.70 bits per heavy atom. The number of aliphatic hydroxyl groups is 3. The molecule has 5 N–H and O–H groups in total. The molecule has 8 nitrogen and oxygen atoms in total. The van der Waals surface area contributed by atoms with Gasteiger partial charge in [0.05, 0.1) is 24.5 Å². The molecule has 2 rings (SSSR count). The van der Waals surface area contributed by atoms with Crippen LogP contribution in [0.2, 0.25) is 0 Å². The third kappa shape index (κ3) is 3.15. The van der Waals surface area contributed by atoms with Crippen molar-refractivity contribution in [3.63, 3.8) is 0 Å². The van der Waals surface area contributed by atoms with E-state index in [-0.39, 0.29) is 18.4 Å². The standard InChI is InChI=1S/C12H22N4O4/c1-6(2)9-8(5-17)20-12(11(19)10(9)18)13-3-7-4-14-16-15-7/h4,6,8-13,17-19H,3,5H2,1-2H3,(H,14,15,16)/t8?,9-,10?,11+,12-/m1/s1. The van der Waals surface area contributed by atoms with Crippen LogP contribution in [0.3, 0.4) is 0 Å². The van der Waals surface area contributed by atoms with Crippen LogP contribution in [0, 0.1) is 11.8 Å². The zero-order chi connectivity index (χ0) is 14.7. The second-order valence-electron chi connectivity index (χ2n) is 5.43. The number of ether oxygens (including phenoxy) is 1. The number of rotatable bonds is 5. The predicted molar refractivity (Wildman–Crippen MR) is 69.3 cm³/mol. The minimum absolute atomic E-state index is 0.0910. The Labute approximate surface area is 117 Å². The molecule has 114 valence electrons. The Hall–Kier alpha value is -1.06. The van der Waals surface area contributed by atoms with E-state index < -0.39 is 24.5 Å². The summed E-state index contributed by atoms with van der Waals surface area (Å²) in [5.74, 6) is -0.214. The van der Waals surface area contributed by atoms with Gasteiger partial charge in [0.25, 0.3) is 0 Å². The Bertz CT molecular complexity index is 398. The van der Waals surface area contributed by atoms with E-state index in [1.54, 1.807) is 6.20 Å². The van der Waals surface area contributed by atoms with Crippen molar-refractivity contribution in [3.8, 4) is 0 Å². The second kappa shape index (κ2) is 6.59. The number of H-pyrrole nitrogens is 1. The molecule has 2 heterocycles. The monoisotopic (exact) mass is 286 g/mol. The average Bonchev–Trinajstić information content (AvgIpc) is 2.92. The van der Waals surface area contributed by atoms with Crippen LogP contribution in [0.4, 0.5) is 0 Å². The predicted octanol–water partition coefficient (Wildman–Crippen LogP) is -1.39. The maximum atomic E-state index is 10.2. The first-order chi connectivity index (χ1) is 9.54. The molecule has 1 aromatic heterocycles. The topological polar surface area (TPSA) is 124 Å². The summed E-state index contributed by atoms with van der Waals surface area (Å²) in [7, 11) is 0. The lowest BCUT2D eigenvalue weighted by Crippen LogP contribution is -2.60. The summed E-state index contributed by atoms with van der Waals surface area (Å²) < 4.78 is 5.66. The number of aliphatic hydroxyl groups excluding tert-OH is 3. The molecular formula is C12H22N4O4. The lowest BCUT2D eigenvalue weighted by molar-refractivity contribution is -0.225. The van der Waals surface area contributed by atoms with Crippen molar-refractivity contribution in [2.24, 2.45) is 11.8 Å². The highest BCUT2D eigenvalue weighted by atomic mass is 16.5. The molecule has 20 heavy (non-hydrogen) atoms. The molecule has 1 aromatic rings. The molecule has 0 saturated carbocycles. The molecule has 0 bridgehead atoms. The maximum absolute atomic E-state index is 10.2. The fourth-order valence-electron chi connectivity index (χ4n) is 2.66. The Morgan fingerprint density at radius 2 is 2.15 bits per heavy atom. The molecule has 5 atom stereocenters. The molecule has 0 aliphatic carbocycles. The van der Waals surface area contributed by atoms with Gasteiger partial charge in [0, 0.05) is 18.7 Å². The zero-order valence-corrected chi connectivity index (χ0v) is 11.6. The Morgan fingerprint density at radius 1 is 1.40 bits per heavy atom. The van der Waals surface area contributed by atoms with Gasteiger partial charge in [-0.15, -0.1) is 5.10 Å². The molecule has 2 unspecified atom stereocenters. The molecule has 0 radical (unpaired) electrons. The van der Waals surface area contributed by atoms with E-state index in [2.05, 4.69) is 20.7 Å². The van der Waals surface area contributed by atoms with Crippen LogP contribution < -0.4 is 5.32 Å². The summed E-state index contributed by atoms with van der Waals surface area (Å²) in [6.07, 6.45) is -1.65. The fourth-order valence-corrected chi connectivity index (χ4v) is 2.66. The fraction of sp³-hybridized carbons (Fsp3) is 0.833. The minimum Gasteiger partial charge on any atom is -0.394 e. The van der Waals surface area contributed by atoms with Crippen LogP contribution in [-0.2, 0) is 11.3 Å². The van der Waals surface area contributed by atoms with Crippen LogP contribution in [0.25, 0.3) is 0 Å². The number of hydrogen-bond acceptors (Lipinski definition) is 7. The van der Waals surface area contributed by atoms with Gasteiger partial charge in [-0.25, -0.2) is 0 Å². The molecule has 1 fully saturated rings. The van der Waals surface area contributed by atoms with Crippen LogP contribution >= 0.6 is 0 Å². The molecule has 1 aliphatic heterocycles. The van der Waals surface area contributed by atoms with Crippen molar-refractivity contribution < 1.29 is 20.1 Å². The first kappa shape index (κ1) is 15.3. The van der Waals surface area contributed by atoms with Gasteiger partial charge in [-0.3, -0.25) is 10.4 Å². The van der Waals surface area contributed by atoms with E-state index in [1.165, 1.54) is 0 Å². The molecular weight excluding hydrogens is 264 g/mol. The van der Waals surface area contributed by atoms with Gasteiger partial charge >= 0.3 is 0 Å². The van der Waals surface area contributed by atoms with Crippen LogP contribution in [0.15, 0.2) is 6.20 Å². The summed E-state index contributed by atoms with van der Waals surface area (Å²) in [6.45, 7) is 4.00. The van der Waals surface area contributed by atoms with Gasteiger partial charge < -0.3 is 20.1 Å². The summed E-state index contributed by atoms with van der Waals surface area (Å²) in [5.41, 5.74) is 0.668. The molecule has 0 aromatic carbocycles. The number of aromatic nitrogens is 3. The summed E-state index contributed by atoms with van der Waals surface area (Å²) >= 11 is 0. The van der Waals surface area contributed by atoms with Gasteiger partial charge in [-0.1, -0.05) is 19.1 Å². The van der Waals surface area contributed by atoms with Gasteiger partial charge in [-0.05, 0) is 5.92 Å². The van der Waals surface area contributed by atoms with E-state index in [4.69, 9.17) is 4.74 Å². The van der Waals surface area contributed by atoms with Crippen LogP contribution in [0.1, 0.15) is 19.5 Å². The summed E-state index contributed by atoms with van der Waals surface area (Å²) in [4.78, 5) is 0. The molecule has 1 saturated heterocycles. The van der Waals surface area contributed by atoms with E-state index in [0.29, 0.717) is 12.2 Å². The Balaban J connectivity index is 2.00. The molecule has 0 spiro atoms. The highest BCUT2D eigenvalue weighted by Gasteiger charge is 2.45. The second-order valence-corrected chi connectivity index (χ2v) is 5.43. The highest BCUT2D eigenvalue weighted by Crippen LogP contribution is 2.30. The van der Waals surface area contributed by atoms with Gasteiger partial charge in [-0.2, -0.15) is 0 Å². The molecule has 0 amide bonds. The molecule has 8 heteroatoms. The zero-order valence-electron chi connectivity index (χ0n) is 11.6. The largest absolute Gasteiger partial charge is 0.394 e. The quantitative estimate of drug-likeness (QED) is 0.451. The van der Waals surface area contributed by atoms with E-state index in [1.807, 2.05) is 13.8 Å². The number of hydrogen-bond donors (Lipinski definition) is 5.